The topological polar surface area (TPSA) is 64.7 Å². The third-order valence-corrected chi connectivity index (χ3v) is 5.42. The number of hydrogen-bond donors (Lipinski definition) is 2. The van der Waals surface area contributed by atoms with Gasteiger partial charge in [-0.05, 0) is 56.5 Å². The molecule has 0 saturated carbocycles. The molecule has 1 aromatic rings. The van der Waals surface area contributed by atoms with Crippen LogP contribution in [0.25, 0.3) is 0 Å². The van der Waals surface area contributed by atoms with E-state index in [9.17, 15) is 9.59 Å². The molecule has 0 radical (unpaired) electrons. The molecule has 6 nitrogen and oxygen atoms in total. The first-order valence-electron chi connectivity index (χ1n) is 9.40. The monoisotopic (exact) mass is 378 g/mol. The number of carbonyl (C=O) groups is 2. The Hall–Kier alpha value is -1.79. The fraction of sp³-hybridized carbons (Fsp3) is 0.579. The number of nitrogens with one attached hydrogen (secondary N) is 2. The summed E-state index contributed by atoms with van der Waals surface area (Å²) in [5.41, 5.74) is 0.959. The van der Waals surface area contributed by atoms with Crippen LogP contribution in [0.4, 0.5) is 4.79 Å². The van der Waals surface area contributed by atoms with E-state index in [1.807, 2.05) is 17.0 Å². The highest BCUT2D eigenvalue weighted by Crippen LogP contribution is 2.20. The van der Waals surface area contributed by atoms with Crippen LogP contribution in [0.3, 0.4) is 0 Å². The first kappa shape index (κ1) is 19.0. The van der Waals surface area contributed by atoms with E-state index in [1.165, 1.54) is 19.3 Å². The van der Waals surface area contributed by atoms with Gasteiger partial charge in [0.15, 0.2) is 0 Å². The summed E-state index contributed by atoms with van der Waals surface area (Å²) in [4.78, 5) is 28.7. The van der Waals surface area contributed by atoms with E-state index in [0.717, 1.165) is 38.2 Å². The average molecular weight is 379 g/mol. The smallest absolute Gasteiger partial charge is 0.315 e. The summed E-state index contributed by atoms with van der Waals surface area (Å²) in [7, 11) is 0. The van der Waals surface area contributed by atoms with Crippen molar-refractivity contribution in [2.75, 3.05) is 32.7 Å². The van der Waals surface area contributed by atoms with Crippen LogP contribution in [-0.2, 0) is 11.3 Å². The predicted octanol–water partition coefficient (Wildman–Crippen LogP) is 2.23. The summed E-state index contributed by atoms with van der Waals surface area (Å²) in [6, 6.07) is 7.44. The molecular weight excluding hydrogens is 352 g/mol. The quantitative estimate of drug-likeness (QED) is 0.825. The Kier molecular flexibility index (Phi) is 6.74. The number of rotatable bonds is 5. The van der Waals surface area contributed by atoms with Gasteiger partial charge in [0.25, 0.3) is 0 Å². The molecule has 1 unspecified atom stereocenters. The van der Waals surface area contributed by atoms with Gasteiger partial charge < -0.3 is 15.5 Å². The lowest BCUT2D eigenvalue weighted by Crippen LogP contribution is -2.51. The zero-order valence-corrected chi connectivity index (χ0v) is 15.8. The predicted molar refractivity (Wildman–Crippen MR) is 102 cm³/mol. The molecule has 0 spiro atoms. The summed E-state index contributed by atoms with van der Waals surface area (Å²) in [6.07, 6.45) is 4.73. The van der Waals surface area contributed by atoms with Crippen molar-refractivity contribution < 1.29 is 9.59 Å². The van der Waals surface area contributed by atoms with E-state index in [4.69, 9.17) is 11.6 Å². The molecule has 0 bridgehead atoms. The summed E-state index contributed by atoms with van der Waals surface area (Å²) >= 11 is 5.84. The van der Waals surface area contributed by atoms with Crippen molar-refractivity contribution in [1.82, 2.24) is 20.4 Å². The standard InChI is InChI=1S/C19H27ClN4O2/c20-16-7-5-15(6-8-16)12-21-19(26)22-13-18(25)24-11-3-4-17(14-24)23-9-1-2-10-23/h5-8,17H,1-4,9-14H2,(H2,21,22,26). The van der Waals surface area contributed by atoms with Crippen molar-refractivity contribution in [3.05, 3.63) is 34.9 Å². The normalized spacial score (nSPS) is 20.8. The minimum Gasteiger partial charge on any atom is -0.340 e. The van der Waals surface area contributed by atoms with Crippen molar-refractivity contribution in [2.45, 2.75) is 38.3 Å². The molecule has 3 rings (SSSR count). The molecule has 0 aliphatic carbocycles. The Labute approximate surface area is 159 Å². The molecule has 2 aliphatic rings. The van der Waals surface area contributed by atoms with E-state index in [0.29, 0.717) is 17.6 Å². The highest BCUT2D eigenvalue weighted by molar-refractivity contribution is 6.30. The summed E-state index contributed by atoms with van der Waals surface area (Å²) < 4.78 is 0. The van der Waals surface area contributed by atoms with Crippen LogP contribution in [0.5, 0.6) is 0 Å². The second-order valence-electron chi connectivity index (χ2n) is 7.04. The number of nitrogens with zero attached hydrogens (tertiary/aromatic N) is 2. The van der Waals surface area contributed by atoms with Gasteiger partial charge in [0, 0.05) is 30.7 Å². The van der Waals surface area contributed by atoms with Crippen LogP contribution in [-0.4, -0.2) is 60.5 Å². The van der Waals surface area contributed by atoms with E-state index in [1.54, 1.807) is 12.1 Å². The molecule has 26 heavy (non-hydrogen) atoms. The lowest BCUT2D eigenvalue weighted by molar-refractivity contribution is -0.132. The molecule has 3 amide bonds. The number of amides is 3. The van der Waals surface area contributed by atoms with Crippen molar-refractivity contribution in [3.8, 4) is 0 Å². The third-order valence-electron chi connectivity index (χ3n) is 5.17. The SMILES string of the molecule is O=C(NCC(=O)N1CCCC(N2CCCC2)C1)NCc1ccc(Cl)cc1. The lowest BCUT2D eigenvalue weighted by atomic mass is 10.0. The number of urea groups is 1. The van der Waals surface area contributed by atoms with Gasteiger partial charge in [0.1, 0.15) is 0 Å². The van der Waals surface area contributed by atoms with Gasteiger partial charge in [-0.2, -0.15) is 0 Å². The Morgan fingerprint density at radius 3 is 2.50 bits per heavy atom. The molecule has 2 N–H and O–H groups in total. The number of piperidine rings is 1. The van der Waals surface area contributed by atoms with Crippen LogP contribution in [0.1, 0.15) is 31.2 Å². The zero-order valence-electron chi connectivity index (χ0n) is 15.0. The largest absolute Gasteiger partial charge is 0.340 e. The molecule has 1 atom stereocenters. The molecule has 2 heterocycles. The van der Waals surface area contributed by atoms with Crippen LogP contribution < -0.4 is 10.6 Å². The van der Waals surface area contributed by atoms with Gasteiger partial charge in [-0.25, -0.2) is 4.79 Å². The van der Waals surface area contributed by atoms with E-state index < -0.39 is 0 Å². The minimum absolute atomic E-state index is 0.00413. The second-order valence-corrected chi connectivity index (χ2v) is 7.48. The Balaban J connectivity index is 1.38. The van der Waals surface area contributed by atoms with Crippen molar-refractivity contribution in [2.24, 2.45) is 0 Å². The highest BCUT2D eigenvalue weighted by atomic mass is 35.5. The fourth-order valence-corrected chi connectivity index (χ4v) is 3.83. The van der Waals surface area contributed by atoms with Gasteiger partial charge in [0.2, 0.25) is 5.91 Å². The molecule has 2 aliphatic heterocycles. The van der Waals surface area contributed by atoms with Crippen molar-refractivity contribution in [1.29, 1.82) is 0 Å². The number of carbonyl (C=O) groups excluding carboxylic acids is 2. The van der Waals surface area contributed by atoms with E-state index in [2.05, 4.69) is 15.5 Å². The highest BCUT2D eigenvalue weighted by Gasteiger charge is 2.29. The summed E-state index contributed by atoms with van der Waals surface area (Å²) in [5, 5.41) is 6.09. The summed E-state index contributed by atoms with van der Waals surface area (Å²) in [6.45, 7) is 4.32. The Morgan fingerprint density at radius 2 is 1.77 bits per heavy atom. The number of benzene rings is 1. The first-order chi connectivity index (χ1) is 12.6. The Morgan fingerprint density at radius 1 is 1.04 bits per heavy atom. The summed E-state index contributed by atoms with van der Waals surface area (Å²) in [5.74, 6) is -0.00413. The Bertz CT molecular complexity index is 616. The van der Waals surface area contributed by atoms with Crippen LogP contribution in [0.2, 0.25) is 5.02 Å². The van der Waals surface area contributed by atoms with Gasteiger partial charge in [-0.1, -0.05) is 23.7 Å². The first-order valence-corrected chi connectivity index (χ1v) is 9.77. The number of hydrogen-bond acceptors (Lipinski definition) is 3. The van der Waals surface area contributed by atoms with Gasteiger partial charge in [-0.15, -0.1) is 0 Å². The van der Waals surface area contributed by atoms with Crippen molar-refractivity contribution >= 4 is 23.5 Å². The van der Waals surface area contributed by atoms with Crippen LogP contribution in [0, 0.1) is 0 Å². The zero-order chi connectivity index (χ0) is 18.4. The van der Waals surface area contributed by atoms with Crippen molar-refractivity contribution in [3.63, 3.8) is 0 Å². The van der Waals surface area contributed by atoms with Crippen LogP contribution >= 0.6 is 11.6 Å². The van der Waals surface area contributed by atoms with Gasteiger partial charge in [0.05, 0.1) is 6.54 Å². The molecule has 2 saturated heterocycles. The molecule has 142 valence electrons. The van der Waals surface area contributed by atoms with Gasteiger partial charge in [-0.3, -0.25) is 9.69 Å². The number of likely N-dealkylation sites (tertiary alicyclic amines) is 2. The number of halogens is 1. The molecule has 2 fully saturated rings. The van der Waals surface area contributed by atoms with Crippen LogP contribution in [0.15, 0.2) is 24.3 Å². The molecular formula is C19H27ClN4O2. The molecule has 0 aromatic heterocycles. The third kappa shape index (κ3) is 5.35. The fourth-order valence-electron chi connectivity index (χ4n) is 3.70. The maximum atomic E-state index is 12.4. The minimum atomic E-state index is -0.332. The molecule has 7 heteroatoms. The van der Waals surface area contributed by atoms with E-state index >= 15 is 0 Å². The maximum Gasteiger partial charge on any atom is 0.315 e. The maximum absolute atomic E-state index is 12.4. The van der Waals surface area contributed by atoms with E-state index in [-0.39, 0.29) is 18.5 Å². The average Bonchev–Trinajstić information content (AvgIpc) is 3.20. The second kappa shape index (κ2) is 9.24. The molecule has 1 aromatic carbocycles. The lowest BCUT2D eigenvalue weighted by Gasteiger charge is -2.37. The van der Waals surface area contributed by atoms with Gasteiger partial charge >= 0.3 is 6.03 Å².